The SMILES string of the molecule is Cc1ccc(N)cc1C(=O)NCCOc1ncc(C(F)(F)F)cc1Cl. The maximum atomic E-state index is 12.5. The number of benzene rings is 1. The molecule has 2 rings (SSSR count). The lowest BCUT2D eigenvalue weighted by Crippen LogP contribution is -2.28. The number of nitrogen functional groups attached to an aromatic ring is 1. The summed E-state index contributed by atoms with van der Waals surface area (Å²) in [5, 5.41) is 2.37. The van der Waals surface area contributed by atoms with Crippen molar-refractivity contribution in [1.82, 2.24) is 10.3 Å². The maximum Gasteiger partial charge on any atom is 0.417 e. The topological polar surface area (TPSA) is 77.2 Å². The quantitative estimate of drug-likeness (QED) is 0.621. The average Bonchev–Trinajstić information content (AvgIpc) is 2.53. The number of anilines is 1. The van der Waals surface area contributed by atoms with Crippen molar-refractivity contribution in [2.75, 3.05) is 18.9 Å². The minimum atomic E-state index is -4.53. The highest BCUT2D eigenvalue weighted by Crippen LogP contribution is 2.32. The molecule has 0 bridgehead atoms. The molecule has 0 saturated carbocycles. The van der Waals surface area contributed by atoms with Crippen molar-refractivity contribution in [2.24, 2.45) is 0 Å². The van der Waals surface area contributed by atoms with Crippen LogP contribution in [0.3, 0.4) is 0 Å². The third-order valence-electron chi connectivity index (χ3n) is 3.27. The molecule has 9 heteroatoms. The molecular weight excluding hydrogens is 359 g/mol. The summed E-state index contributed by atoms with van der Waals surface area (Å²) < 4.78 is 42.8. The summed E-state index contributed by atoms with van der Waals surface area (Å²) in [6.45, 7) is 1.88. The summed E-state index contributed by atoms with van der Waals surface area (Å²) in [4.78, 5) is 15.6. The Morgan fingerprint density at radius 3 is 2.72 bits per heavy atom. The second-order valence-electron chi connectivity index (χ2n) is 5.19. The molecule has 134 valence electrons. The highest BCUT2D eigenvalue weighted by Gasteiger charge is 2.31. The lowest BCUT2D eigenvalue weighted by Gasteiger charge is -2.11. The zero-order chi connectivity index (χ0) is 18.6. The van der Waals surface area contributed by atoms with Gasteiger partial charge >= 0.3 is 6.18 Å². The van der Waals surface area contributed by atoms with Crippen molar-refractivity contribution in [1.29, 1.82) is 0 Å². The molecule has 0 radical (unpaired) electrons. The van der Waals surface area contributed by atoms with Crippen LogP contribution in [0.1, 0.15) is 21.5 Å². The molecule has 0 spiro atoms. The van der Waals surface area contributed by atoms with Gasteiger partial charge in [-0.2, -0.15) is 13.2 Å². The van der Waals surface area contributed by atoms with E-state index in [-0.39, 0.29) is 30.0 Å². The highest BCUT2D eigenvalue weighted by atomic mass is 35.5. The predicted molar refractivity (Wildman–Crippen MR) is 87.7 cm³/mol. The number of nitrogens with one attached hydrogen (secondary N) is 1. The van der Waals surface area contributed by atoms with E-state index in [2.05, 4.69) is 10.3 Å². The van der Waals surface area contributed by atoms with Gasteiger partial charge in [0, 0.05) is 17.4 Å². The first kappa shape index (κ1) is 18.9. The molecule has 1 aromatic carbocycles. The molecule has 25 heavy (non-hydrogen) atoms. The summed E-state index contributed by atoms with van der Waals surface area (Å²) in [6.07, 6.45) is -3.89. The van der Waals surface area contributed by atoms with Crippen LogP contribution < -0.4 is 15.8 Å². The van der Waals surface area contributed by atoms with Crippen molar-refractivity contribution in [3.63, 3.8) is 0 Å². The van der Waals surface area contributed by atoms with Crippen molar-refractivity contribution in [2.45, 2.75) is 13.1 Å². The molecule has 0 aliphatic rings. The number of carbonyl (C=O) groups is 1. The van der Waals surface area contributed by atoms with Gasteiger partial charge in [-0.3, -0.25) is 4.79 Å². The van der Waals surface area contributed by atoms with E-state index in [1.54, 1.807) is 25.1 Å². The van der Waals surface area contributed by atoms with Gasteiger partial charge in [-0.15, -0.1) is 0 Å². The number of pyridine rings is 1. The molecule has 0 atom stereocenters. The molecule has 3 N–H and O–H groups in total. The number of amides is 1. The van der Waals surface area contributed by atoms with Crippen LogP contribution in [0.5, 0.6) is 5.88 Å². The number of halogens is 4. The molecule has 0 saturated heterocycles. The van der Waals surface area contributed by atoms with Crippen LogP contribution in [0.15, 0.2) is 30.5 Å². The van der Waals surface area contributed by atoms with Crippen LogP contribution in [0.4, 0.5) is 18.9 Å². The summed E-state index contributed by atoms with van der Waals surface area (Å²) >= 11 is 5.72. The van der Waals surface area contributed by atoms with Gasteiger partial charge in [-0.25, -0.2) is 4.98 Å². The van der Waals surface area contributed by atoms with Crippen molar-refractivity contribution in [3.05, 3.63) is 52.2 Å². The minimum Gasteiger partial charge on any atom is -0.475 e. The van der Waals surface area contributed by atoms with E-state index in [1.807, 2.05) is 0 Å². The Morgan fingerprint density at radius 2 is 2.08 bits per heavy atom. The second-order valence-corrected chi connectivity index (χ2v) is 5.59. The molecule has 0 unspecified atom stereocenters. The Hall–Kier alpha value is -2.48. The van der Waals surface area contributed by atoms with E-state index in [4.69, 9.17) is 22.1 Å². The smallest absolute Gasteiger partial charge is 0.417 e. The summed E-state index contributed by atoms with van der Waals surface area (Å²) in [6, 6.07) is 5.71. The first-order chi connectivity index (χ1) is 11.7. The van der Waals surface area contributed by atoms with Crippen molar-refractivity contribution < 1.29 is 22.7 Å². The van der Waals surface area contributed by atoms with E-state index in [0.717, 1.165) is 11.6 Å². The summed E-state index contributed by atoms with van der Waals surface area (Å²) in [5.41, 5.74) is 6.35. The fraction of sp³-hybridized carbons (Fsp3) is 0.250. The molecular formula is C16H15ClF3N3O2. The summed E-state index contributed by atoms with van der Waals surface area (Å²) in [5.74, 6) is -0.469. The van der Waals surface area contributed by atoms with Gasteiger partial charge in [0.2, 0.25) is 5.88 Å². The Bertz CT molecular complexity index is 782. The predicted octanol–water partition coefficient (Wildman–Crippen LogP) is 3.45. The van der Waals surface area contributed by atoms with Crippen LogP contribution in [0, 0.1) is 6.92 Å². The number of nitrogens with zero attached hydrogens (tertiary/aromatic N) is 1. The van der Waals surface area contributed by atoms with Crippen LogP contribution in [-0.2, 0) is 6.18 Å². The Morgan fingerprint density at radius 1 is 1.36 bits per heavy atom. The van der Waals surface area contributed by atoms with Crippen LogP contribution in [0.25, 0.3) is 0 Å². The number of aromatic nitrogens is 1. The highest BCUT2D eigenvalue weighted by molar-refractivity contribution is 6.31. The fourth-order valence-corrected chi connectivity index (χ4v) is 2.20. The van der Waals surface area contributed by atoms with Gasteiger partial charge in [0.25, 0.3) is 5.91 Å². The maximum absolute atomic E-state index is 12.5. The number of rotatable bonds is 5. The third kappa shape index (κ3) is 4.99. The first-order valence-electron chi connectivity index (χ1n) is 7.18. The normalized spacial score (nSPS) is 11.2. The van der Waals surface area contributed by atoms with E-state index in [0.29, 0.717) is 17.4 Å². The minimum absolute atomic E-state index is 0.00874. The van der Waals surface area contributed by atoms with E-state index < -0.39 is 11.7 Å². The molecule has 0 aliphatic heterocycles. The van der Waals surface area contributed by atoms with E-state index in [1.165, 1.54) is 0 Å². The molecule has 1 heterocycles. The molecule has 5 nitrogen and oxygen atoms in total. The van der Waals surface area contributed by atoms with Crippen LogP contribution in [-0.4, -0.2) is 24.0 Å². The van der Waals surface area contributed by atoms with Gasteiger partial charge in [-0.05, 0) is 30.7 Å². The van der Waals surface area contributed by atoms with Gasteiger partial charge in [0.1, 0.15) is 11.6 Å². The number of ether oxygens (including phenoxy) is 1. The summed E-state index contributed by atoms with van der Waals surface area (Å²) in [7, 11) is 0. The number of nitrogens with two attached hydrogens (primary N) is 1. The number of hydrogen-bond donors (Lipinski definition) is 2. The van der Waals surface area contributed by atoms with Gasteiger partial charge in [0.05, 0.1) is 12.1 Å². The van der Waals surface area contributed by atoms with Gasteiger partial charge < -0.3 is 15.8 Å². The van der Waals surface area contributed by atoms with Gasteiger partial charge in [-0.1, -0.05) is 17.7 Å². The van der Waals surface area contributed by atoms with Gasteiger partial charge in [0.15, 0.2) is 0 Å². The first-order valence-corrected chi connectivity index (χ1v) is 7.56. The van der Waals surface area contributed by atoms with Crippen molar-refractivity contribution >= 4 is 23.2 Å². The zero-order valence-electron chi connectivity index (χ0n) is 13.2. The number of hydrogen-bond acceptors (Lipinski definition) is 4. The average molecular weight is 374 g/mol. The Kier molecular flexibility index (Phi) is 5.73. The number of aryl methyl sites for hydroxylation is 1. The Labute approximate surface area is 146 Å². The molecule has 0 aliphatic carbocycles. The Balaban J connectivity index is 1.89. The lowest BCUT2D eigenvalue weighted by molar-refractivity contribution is -0.137. The monoisotopic (exact) mass is 373 g/mol. The lowest BCUT2D eigenvalue weighted by atomic mass is 10.1. The van der Waals surface area contributed by atoms with E-state index in [9.17, 15) is 18.0 Å². The second kappa shape index (κ2) is 7.60. The zero-order valence-corrected chi connectivity index (χ0v) is 13.9. The number of carbonyl (C=O) groups excluding carboxylic acids is 1. The molecule has 1 amide bonds. The third-order valence-corrected chi connectivity index (χ3v) is 3.54. The van der Waals surface area contributed by atoms with Crippen LogP contribution in [0.2, 0.25) is 5.02 Å². The largest absolute Gasteiger partial charge is 0.475 e. The molecule has 2 aromatic rings. The molecule has 0 fully saturated rings. The van der Waals surface area contributed by atoms with E-state index >= 15 is 0 Å². The fourth-order valence-electron chi connectivity index (χ4n) is 1.98. The standard InChI is InChI=1S/C16H15ClF3N3O2/c1-9-2-3-11(21)7-12(9)14(24)22-4-5-25-15-13(17)6-10(8-23-15)16(18,19)20/h2-3,6-8H,4-5,21H2,1H3,(H,22,24). The van der Waals surface area contributed by atoms with Crippen LogP contribution >= 0.6 is 11.6 Å². The number of alkyl halides is 3. The molecule has 1 aromatic heterocycles. The van der Waals surface area contributed by atoms with Crippen molar-refractivity contribution in [3.8, 4) is 5.88 Å².